The van der Waals surface area contributed by atoms with Gasteiger partial charge in [-0.15, -0.1) is 0 Å². The Hall–Kier alpha value is -1.06. The Morgan fingerprint density at radius 3 is 2.47 bits per heavy atom. The topological polar surface area (TPSA) is 21.7 Å². The molecule has 3 heteroatoms. The average molecular weight is 262 g/mol. The SMILES string of the molecule is CC(Oc1[c]cc(C(C)(C)C)cc1)N1CCOCC1. The second-order valence-corrected chi connectivity index (χ2v) is 6.06. The third kappa shape index (κ3) is 3.95. The van der Waals surface area contributed by atoms with Crippen LogP contribution in [0.2, 0.25) is 0 Å². The Bertz CT molecular complexity index is 388. The molecule has 2 rings (SSSR count). The van der Waals surface area contributed by atoms with Crippen molar-refractivity contribution in [3.63, 3.8) is 0 Å². The van der Waals surface area contributed by atoms with Gasteiger partial charge in [0.15, 0.2) is 0 Å². The van der Waals surface area contributed by atoms with Crippen molar-refractivity contribution < 1.29 is 9.47 Å². The highest BCUT2D eigenvalue weighted by atomic mass is 16.5. The van der Waals surface area contributed by atoms with Crippen LogP contribution >= 0.6 is 0 Å². The van der Waals surface area contributed by atoms with E-state index in [9.17, 15) is 0 Å². The highest BCUT2D eigenvalue weighted by Crippen LogP contribution is 2.24. The maximum atomic E-state index is 5.94. The summed E-state index contributed by atoms with van der Waals surface area (Å²) in [7, 11) is 0. The van der Waals surface area contributed by atoms with Crippen molar-refractivity contribution in [2.24, 2.45) is 0 Å². The van der Waals surface area contributed by atoms with E-state index in [0.717, 1.165) is 32.1 Å². The molecule has 1 radical (unpaired) electrons. The van der Waals surface area contributed by atoms with Crippen molar-refractivity contribution in [1.29, 1.82) is 0 Å². The first-order chi connectivity index (χ1) is 8.97. The van der Waals surface area contributed by atoms with Crippen LogP contribution in [0.1, 0.15) is 33.3 Å². The van der Waals surface area contributed by atoms with Gasteiger partial charge in [0.05, 0.1) is 13.2 Å². The van der Waals surface area contributed by atoms with Gasteiger partial charge in [0, 0.05) is 19.2 Å². The van der Waals surface area contributed by atoms with E-state index < -0.39 is 0 Å². The molecule has 1 unspecified atom stereocenters. The minimum Gasteiger partial charge on any atom is -0.475 e. The van der Waals surface area contributed by atoms with Gasteiger partial charge in [-0.2, -0.15) is 0 Å². The average Bonchev–Trinajstić information content (AvgIpc) is 2.39. The molecule has 1 aliphatic rings. The monoisotopic (exact) mass is 262 g/mol. The van der Waals surface area contributed by atoms with E-state index in [-0.39, 0.29) is 11.6 Å². The number of benzene rings is 1. The third-order valence-corrected chi connectivity index (χ3v) is 3.51. The van der Waals surface area contributed by atoms with Gasteiger partial charge in [-0.3, -0.25) is 4.90 Å². The van der Waals surface area contributed by atoms with Crippen LogP contribution in [-0.2, 0) is 10.2 Å². The number of hydrogen-bond acceptors (Lipinski definition) is 3. The minimum absolute atomic E-state index is 0.0700. The first-order valence-corrected chi connectivity index (χ1v) is 6.97. The van der Waals surface area contributed by atoms with Gasteiger partial charge in [0.25, 0.3) is 0 Å². The maximum Gasteiger partial charge on any atom is 0.150 e. The molecule has 0 aromatic heterocycles. The number of morpholine rings is 1. The first-order valence-electron chi connectivity index (χ1n) is 6.97. The quantitative estimate of drug-likeness (QED) is 0.836. The van der Waals surface area contributed by atoms with Crippen molar-refractivity contribution in [2.45, 2.75) is 39.3 Å². The molecule has 0 aliphatic carbocycles. The highest BCUT2D eigenvalue weighted by molar-refractivity contribution is 5.30. The lowest BCUT2D eigenvalue weighted by Crippen LogP contribution is -2.44. The molecular formula is C16H24NO2. The summed E-state index contributed by atoms with van der Waals surface area (Å²) in [5.74, 6) is 0.812. The highest BCUT2D eigenvalue weighted by Gasteiger charge is 2.19. The third-order valence-electron chi connectivity index (χ3n) is 3.51. The number of hydrogen-bond donors (Lipinski definition) is 0. The van der Waals surface area contributed by atoms with Crippen LogP contribution in [0, 0.1) is 6.07 Å². The second-order valence-electron chi connectivity index (χ2n) is 6.06. The summed E-state index contributed by atoms with van der Waals surface area (Å²) in [6.45, 7) is 12.1. The summed E-state index contributed by atoms with van der Waals surface area (Å²) in [5.41, 5.74) is 1.43. The van der Waals surface area contributed by atoms with Crippen LogP contribution in [0.25, 0.3) is 0 Å². The Labute approximate surface area is 116 Å². The zero-order valence-electron chi connectivity index (χ0n) is 12.4. The molecular weight excluding hydrogens is 238 g/mol. The molecule has 1 aromatic carbocycles. The molecule has 0 amide bonds. The zero-order valence-corrected chi connectivity index (χ0v) is 12.4. The van der Waals surface area contributed by atoms with Gasteiger partial charge in [0.1, 0.15) is 12.0 Å². The molecule has 0 N–H and O–H groups in total. The fourth-order valence-electron chi connectivity index (χ4n) is 2.15. The fourth-order valence-corrected chi connectivity index (χ4v) is 2.15. The molecule has 1 aliphatic heterocycles. The molecule has 1 aromatic rings. The van der Waals surface area contributed by atoms with Gasteiger partial charge in [0.2, 0.25) is 0 Å². The van der Waals surface area contributed by atoms with Crippen LogP contribution in [0.3, 0.4) is 0 Å². The summed E-state index contributed by atoms with van der Waals surface area (Å²) in [6, 6.07) is 9.40. The van der Waals surface area contributed by atoms with E-state index in [1.807, 2.05) is 12.1 Å². The Morgan fingerprint density at radius 2 is 1.95 bits per heavy atom. The molecule has 105 valence electrons. The van der Waals surface area contributed by atoms with Crippen LogP contribution in [-0.4, -0.2) is 37.4 Å². The predicted molar refractivity (Wildman–Crippen MR) is 76.5 cm³/mol. The van der Waals surface area contributed by atoms with Gasteiger partial charge in [-0.1, -0.05) is 26.8 Å². The zero-order chi connectivity index (χ0) is 13.9. The lowest BCUT2D eigenvalue weighted by atomic mass is 9.87. The van der Waals surface area contributed by atoms with Gasteiger partial charge in [-0.25, -0.2) is 0 Å². The molecule has 3 nitrogen and oxygen atoms in total. The van der Waals surface area contributed by atoms with Gasteiger partial charge in [-0.05, 0) is 30.0 Å². The smallest absolute Gasteiger partial charge is 0.150 e. The number of nitrogens with zero attached hydrogens (tertiary/aromatic N) is 1. The normalized spacial score (nSPS) is 19.2. The molecule has 0 spiro atoms. The Morgan fingerprint density at radius 1 is 1.26 bits per heavy atom. The largest absolute Gasteiger partial charge is 0.475 e. The molecule has 1 atom stereocenters. The van der Waals surface area contributed by atoms with E-state index in [2.05, 4.69) is 44.7 Å². The van der Waals surface area contributed by atoms with E-state index >= 15 is 0 Å². The summed E-state index contributed by atoms with van der Waals surface area (Å²) in [6.07, 6.45) is 0.0700. The van der Waals surface area contributed by atoms with Crippen molar-refractivity contribution in [3.05, 3.63) is 29.8 Å². The second kappa shape index (κ2) is 5.93. The standard InChI is InChI=1S/C16H24NO2/c1-13(17-9-11-18-12-10-17)19-15-7-5-14(6-8-15)16(2,3)4/h5-7,13H,9-12H2,1-4H3. The van der Waals surface area contributed by atoms with Crippen molar-refractivity contribution in [2.75, 3.05) is 26.3 Å². The van der Waals surface area contributed by atoms with E-state index in [4.69, 9.17) is 9.47 Å². The molecule has 1 saturated heterocycles. The predicted octanol–water partition coefficient (Wildman–Crippen LogP) is 2.84. The number of ether oxygens (including phenoxy) is 2. The van der Waals surface area contributed by atoms with E-state index in [1.165, 1.54) is 5.56 Å². The van der Waals surface area contributed by atoms with Crippen LogP contribution in [0.15, 0.2) is 18.2 Å². The summed E-state index contributed by atoms with van der Waals surface area (Å²) in [4.78, 5) is 2.29. The fraction of sp³-hybridized carbons (Fsp3) is 0.625. The lowest BCUT2D eigenvalue weighted by Gasteiger charge is -2.32. The van der Waals surface area contributed by atoms with Gasteiger partial charge >= 0.3 is 0 Å². The van der Waals surface area contributed by atoms with Crippen LogP contribution < -0.4 is 4.74 Å². The van der Waals surface area contributed by atoms with Crippen molar-refractivity contribution in [3.8, 4) is 5.75 Å². The van der Waals surface area contributed by atoms with Crippen molar-refractivity contribution >= 4 is 0 Å². The molecule has 19 heavy (non-hydrogen) atoms. The summed E-state index contributed by atoms with van der Waals surface area (Å²) >= 11 is 0. The summed E-state index contributed by atoms with van der Waals surface area (Å²) < 4.78 is 11.3. The molecule has 1 heterocycles. The van der Waals surface area contributed by atoms with Crippen molar-refractivity contribution in [1.82, 2.24) is 4.90 Å². The van der Waals surface area contributed by atoms with Crippen LogP contribution in [0.4, 0.5) is 0 Å². The Kier molecular flexibility index (Phi) is 4.48. The van der Waals surface area contributed by atoms with Gasteiger partial charge < -0.3 is 9.47 Å². The molecule has 1 fully saturated rings. The van der Waals surface area contributed by atoms with Crippen LogP contribution in [0.5, 0.6) is 5.75 Å². The van der Waals surface area contributed by atoms with E-state index in [0.29, 0.717) is 0 Å². The lowest BCUT2D eigenvalue weighted by molar-refractivity contribution is -0.0374. The maximum absolute atomic E-state index is 5.94. The molecule has 0 bridgehead atoms. The Balaban J connectivity index is 1.95. The van der Waals surface area contributed by atoms with E-state index in [1.54, 1.807) is 0 Å². The molecule has 0 saturated carbocycles. The summed E-state index contributed by atoms with van der Waals surface area (Å²) in [5, 5.41) is 0. The first kappa shape index (κ1) is 14.4. The number of rotatable bonds is 3. The minimum atomic E-state index is 0.0700.